The number of aromatic nitrogens is 1. The van der Waals surface area contributed by atoms with E-state index in [0.717, 1.165) is 22.2 Å². The molecule has 1 aliphatic rings. The summed E-state index contributed by atoms with van der Waals surface area (Å²) in [4.78, 5) is 27.4. The predicted octanol–water partition coefficient (Wildman–Crippen LogP) is 2.77. The molecule has 7 heteroatoms. The van der Waals surface area contributed by atoms with Gasteiger partial charge in [0.15, 0.2) is 0 Å². The van der Waals surface area contributed by atoms with E-state index in [0.29, 0.717) is 31.8 Å². The van der Waals surface area contributed by atoms with Gasteiger partial charge in [-0.15, -0.1) is 0 Å². The second-order valence-electron chi connectivity index (χ2n) is 5.11. The molecule has 2 aromatic rings. The van der Waals surface area contributed by atoms with Gasteiger partial charge < -0.3 is 19.7 Å². The number of para-hydroxylation sites is 1. The number of ether oxygens (including phenoxy) is 1. The van der Waals surface area contributed by atoms with E-state index in [1.165, 1.54) is 4.90 Å². The van der Waals surface area contributed by atoms with Crippen LogP contribution in [0.1, 0.15) is 18.2 Å². The second kappa shape index (κ2) is 5.59. The van der Waals surface area contributed by atoms with E-state index in [2.05, 4.69) is 10.3 Å². The lowest BCUT2D eigenvalue weighted by atomic mass is 10.0. The first-order valence-electron chi connectivity index (χ1n) is 7.14. The fourth-order valence-corrected chi connectivity index (χ4v) is 2.78. The van der Waals surface area contributed by atoms with E-state index in [1.54, 1.807) is 13.0 Å². The predicted molar refractivity (Wildman–Crippen MR) is 81.1 cm³/mol. The third-order valence-electron chi connectivity index (χ3n) is 3.79. The maximum absolute atomic E-state index is 11.6. The summed E-state index contributed by atoms with van der Waals surface area (Å²) in [5.74, 6) is 0. The van der Waals surface area contributed by atoms with Crippen LogP contribution in [0.25, 0.3) is 10.9 Å². The number of aromatic amines is 1. The molecule has 0 bridgehead atoms. The highest BCUT2D eigenvalue weighted by molar-refractivity contribution is 6.00. The highest BCUT2D eigenvalue weighted by Crippen LogP contribution is 2.31. The lowest BCUT2D eigenvalue weighted by molar-refractivity contribution is 0.140. The van der Waals surface area contributed by atoms with Crippen molar-refractivity contribution in [2.45, 2.75) is 19.9 Å². The first-order chi connectivity index (χ1) is 10.6. The van der Waals surface area contributed by atoms with E-state index in [-0.39, 0.29) is 0 Å². The molecule has 0 aliphatic carbocycles. The molecule has 1 aliphatic heterocycles. The quantitative estimate of drug-likeness (QED) is 0.795. The Bertz CT molecular complexity index is 738. The zero-order valence-electron chi connectivity index (χ0n) is 12.2. The minimum Gasteiger partial charge on any atom is -0.465 e. The molecule has 22 heavy (non-hydrogen) atoms. The summed E-state index contributed by atoms with van der Waals surface area (Å²) in [6.45, 7) is 2.87. The maximum Gasteiger partial charge on any atom is 0.411 e. The molecule has 7 nitrogen and oxygen atoms in total. The molecule has 2 heterocycles. The van der Waals surface area contributed by atoms with Gasteiger partial charge in [-0.05, 0) is 13.0 Å². The van der Waals surface area contributed by atoms with Crippen LogP contribution in [0.2, 0.25) is 0 Å². The normalized spacial score (nSPS) is 13.8. The van der Waals surface area contributed by atoms with Gasteiger partial charge in [0.2, 0.25) is 0 Å². The number of carbonyl (C=O) groups is 2. The molecule has 0 unspecified atom stereocenters. The van der Waals surface area contributed by atoms with Crippen molar-refractivity contribution in [1.29, 1.82) is 0 Å². The van der Waals surface area contributed by atoms with Crippen molar-refractivity contribution >= 4 is 28.8 Å². The van der Waals surface area contributed by atoms with E-state index < -0.39 is 12.2 Å². The van der Waals surface area contributed by atoms with Gasteiger partial charge in [0.05, 0.1) is 24.4 Å². The molecule has 0 radical (unpaired) electrons. The number of nitrogens with one attached hydrogen (secondary N) is 2. The van der Waals surface area contributed by atoms with Gasteiger partial charge in [-0.25, -0.2) is 9.59 Å². The molecule has 1 aromatic carbocycles. The molecule has 0 saturated carbocycles. The lowest BCUT2D eigenvalue weighted by Gasteiger charge is -2.24. The molecular weight excluding hydrogens is 286 g/mol. The molecule has 2 amide bonds. The number of carboxylic acid groups (broad SMARTS) is 1. The number of nitrogens with zero attached hydrogens (tertiary/aromatic N) is 1. The number of hydrogen-bond acceptors (Lipinski definition) is 3. The van der Waals surface area contributed by atoms with Crippen LogP contribution in [0.3, 0.4) is 0 Å². The van der Waals surface area contributed by atoms with E-state index in [1.807, 2.05) is 12.1 Å². The summed E-state index contributed by atoms with van der Waals surface area (Å²) in [5, 5.41) is 12.8. The number of rotatable bonds is 2. The summed E-state index contributed by atoms with van der Waals surface area (Å²) in [6, 6.07) is 5.54. The minimum atomic E-state index is -0.916. The Labute approximate surface area is 126 Å². The lowest BCUT2D eigenvalue weighted by Crippen LogP contribution is -2.34. The fourth-order valence-electron chi connectivity index (χ4n) is 2.78. The highest BCUT2D eigenvalue weighted by Gasteiger charge is 2.24. The summed E-state index contributed by atoms with van der Waals surface area (Å²) in [5.41, 5.74) is 3.42. The van der Waals surface area contributed by atoms with Crippen molar-refractivity contribution in [1.82, 2.24) is 9.88 Å². The number of benzene rings is 1. The van der Waals surface area contributed by atoms with E-state index in [4.69, 9.17) is 9.84 Å². The molecule has 0 spiro atoms. The summed E-state index contributed by atoms with van der Waals surface area (Å²) in [6.07, 6.45) is -0.787. The molecule has 0 fully saturated rings. The largest absolute Gasteiger partial charge is 0.465 e. The molecule has 3 rings (SSSR count). The SMILES string of the molecule is CCOC(=O)Nc1cccc2c3c([nH]c12)CCN(C(=O)O)C3. The Balaban J connectivity index is 1.98. The molecule has 0 saturated heterocycles. The number of fused-ring (bicyclic) bond motifs is 3. The zero-order valence-corrected chi connectivity index (χ0v) is 12.2. The van der Waals surface area contributed by atoms with Crippen LogP contribution in [0.4, 0.5) is 15.3 Å². The smallest absolute Gasteiger partial charge is 0.411 e. The molecular formula is C15H17N3O4. The topological polar surface area (TPSA) is 94.7 Å². The standard InChI is InChI=1S/C15H17N3O4/c1-2-22-14(19)17-12-5-3-4-9-10-8-18(15(20)21)7-6-11(10)16-13(9)12/h3-5,16H,2,6-8H2,1H3,(H,17,19)(H,20,21). The van der Waals surface area contributed by atoms with Gasteiger partial charge in [0, 0.05) is 29.6 Å². The highest BCUT2D eigenvalue weighted by atomic mass is 16.5. The van der Waals surface area contributed by atoms with Crippen LogP contribution in [0.5, 0.6) is 0 Å². The molecule has 1 aromatic heterocycles. The van der Waals surface area contributed by atoms with Crippen molar-refractivity contribution < 1.29 is 19.4 Å². The number of H-pyrrole nitrogens is 1. The number of hydrogen-bond donors (Lipinski definition) is 3. The molecule has 0 atom stereocenters. The minimum absolute atomic E-state index is 0.302. The Morgan fingerprint density at radius 3 is 3.00 bits per heavy atom. The number of amides is 2. The van der Waals surface area contributed by atoms with Crippen LogP contribution in [0.15, 0.2) is 18.2 Å². The van der Waals surface area contributed by atoms with Crippen LogP contribution < -0.4 is 5.32 Å². The third kappa shape index (κ3) is 2.45. The van der Waals surface area contributed by atoms with Gasteiger partial charge in [-0.3, -0.25) is 5.32 Å². The van der Waals surface area contributed by atoms with Gasteiger partial charge in [-0.1, -0.05) is 12.1 Å². The van der Waals surface area contributed by atoms with Crippen molar-refractivity contribution in [3.8, 4) is 0 Å². The summed E-state index contributed by atoms with van der Waals surface area (Å²) < 4.78 is 4.90. The van der Waals surface area contributed by atoms with Crippen LogP contribution in [0, 0.1) is 0 Å². The van der Waals surface area contributed by atoms with Gasteiger partial charge in [-0.2, -0.15) is 0 Å². The van der Waals surface area contributed by atoms with Crippen LogP contribution in [-0.2, 0) is 17.7 Å². The second-order valence-corrected chi connectivity index (χ2v) is 5.11. The third-order valence-corrected chi connectivity index (χ3v) is 3.79. The van der Waals surface area contributed by atoms with Gasteiger partial charge in [0.25, 0.3) is 0 Å². The van der Waals surface area contributed by atoms with Crippen molar-refractivity contribution in [2.75, 3.05) is 18.5 Å². The fraction of sp³-hybridized carbons (Fsp3) is 0.333. The number of anilines is 1. The Morgan fingerprint density at radius 2 is 2.27 bits per heavy atom. The Hall–Kier alpha value is -2.70. The van der Waals surface area contributed by atoms with E-state index >= 15 is 0 Å². The summed E-state index contributed by atoms with van der Waals surface area (Å²) >= 11 is 0. The zero-order chi connectivity index (χ0) is 15.7. The average molecular weight is 303 g/mol. The first kappa shape index (κ1) is 14.2. The molecule has 116 valence electrons. The van der Waals surface area contributed by atoms with Crippen LogP contribution in [-0.4, -0.2) is 40.3 Å². The Kier molecular flexibility index (Phi) is 3.62. The van der Waals surface area contributed by atoms with Gasteiger partial charge >= 0.3 is 12.2 Å². The average Bonchev–Trinajstić information content (AvgIpc) is 2.86. The first-order valence-corrected chi connectivity index (χ1v) is 7.14. The van der Waals surface area contributed by atoms with Gasteiger partial charge in [0.1, 0.15) is 0 Å². The van der Waals surface area contributed by atoms with Crippen molar-refractivity contribution in [2.24, 2.45) is 0 Å². The Morgan fingerprint density at radius 1 is 1.45 bits per heavy atom. The van der Waals surface area contributed by atoms with Crippen molar-refractivity contribution in [3.63, 3.8) is 0 Å². The molecule has 3 N–H and O–H groups in total. The monoisotopic (exact) mass is 303 g/mol. The van der Waals surface area contributed by atoms with E-state index in [9.17, 15) is 9.59 Å². The van der Waals surface area contributed by atoms with Crippen LogP contribution >= 0.6 is 0 Å². The summed E-state index contributed by atoms with van der Waals surface area (Å²) in [7, 11) is 0. The van der Waals surface area contributed by atoms with Crippen molar-refractivity contribution in [3.05, 3.63) is 29.5 Å². The number of carbonyl (C=O) groups excluding carboxylic acids is 1. The maximum atomic E-state index is 11.6.